The Hall–Kier alpha value is -0.310. The molecule has 1 heterocycles. The molecule has 0 aliphatic heterocycles. The summed E-state index contributed by atoms with van der Waals surface area (Å²) >= 11 is 0. The molecule has 2 aromatic rings. The van der Waals surface area contributed by atoms with Crippen LogP contribution in [-0.4, -0.2) is 39.1 Å². The van der Waals surface area contributed by atoms with Crippen molar-refractivity contribution in [1.29, 1.82) is 0 Å². The van der Waals surface area contributed by atoms with E-state index < -0.39 is 0 Å². The van der Waals surface area contributed by atoms with Crippen molar-refractivity contribution in [3.8, 4) is 0 Å². The van der Waals surface area contributed by atoms with Crippen molar-refractivity contribution in [3.05, 3.63) is 30.6 Å². The Bertz CT molecular complexity index is 354. The number of nitrogens with zero attached hydrogens (tertiary/aromatic N) is 2. The van der Waals surface area contributed by atoms with Gasteiger partial charge in [-0.25, -0.2) is 4.98 Å². The number of rotatable bonds is 0. The zero-order valence-electron chi connectivity index (χ0n) is 6.78. The van der Waals surface area contributed by atoms with E-state index in [-0.39, 0.29) is 29.6 Å². The minimum atomic E-state index is 0. The molecule has 0 aliphatic rings. The number of aromatic nitrogens is 2. The van der Waals surface area contributed by atoms with Gasteiger partial charge in [0.05, 0.1) is 17.4 Å². The van der Waals surface area contributed by atoms with Crippen molar-refractivity contribution in [2.24, 2.45) is 7.05 Å². The zero-order valence-corrected chi connectivity index (χ0v) is 8.78. The van der Waals surface area contributed by atoms with Gasteiger partial charge in [0.1, 0.15) is 0 Å². The Morgan fingerprint density at radius 3 is 2.73 bits per heavy atom. The molecule has 1 aromatic carbocycles. The molecular formula is C8H8N2Na. The van der Waals surface area contributed by atoms with E-state index in [1.54, 1.807) is 0 Å². The van der Waals surface area contributed by atoms with Gasteiger partial charge in [-0.05, 0) is 12.1 Å². The summed E-state index contributed by atoms with van der Waals surface area (Å²) in [6, 6.07) is 8.08. The second-order valence-electron chi connectivity index (χ2n) is 2.34. The fraction of sp³-hybridized carbons (Fsp3) is 0.125. The van der Waals surface area contributed by atoms with Crippen LogP contribution in [-0.2, 0) is 7.05 Å². The number of benzene rings is 1. The third kappa shape index (κ3) is 1.48. The van der Waals surface area contributed by atoms with Crippen LogP contribution >= 0.6 is 0 Å². The molecular weight excluding hydrogens is 147 g/mol. The van der Waals surface area contributed by atoms with Gasteiger partial charge in [-0.15, -0.1) is 0 Å². The van der Waals surface area contributed by atoms with Gasteiger partial charge in [-0.2, -0.15) is 0 Å². The Balaban J connectivity index is 0.000000605. The molecule has 0 aliphatic carbocycles. The zero-order chi connectivity index (χ0) is 6.97. The van der Waals surface area contributed by atoms with Crippen molar-refractivity contribution >= 4 is 40.6 Å². The molecule has 3 heteroatoms. The first kappa shape index (κ1) is 8.78. The summed E-state index contributed by atoms with van der Waals surface area (Å²) in [5.74, 6) is 0. The van der Waals surface area contributed by atoms with Crippen LogP contribution in [0.2, 0.25) is 0 Å². The van der Waals surface area contributed by atoms with Gasteiger partial charge < -0.3 is 4.57 Å². The van der Waals surface area contributed by atoms with E-state index in [1.165, 1.54) is 5.52 Å². The molecule has 1 radical (unpaired) electrons. The predicted molar refractivity (Wildman–Crippen MR) is 46.5 cm³/mol. The second kappa shape index (κ2) is 3.39. The fourth-order valence-corrected chi connectivity index (χ4v) is 1.08. The number of aryl methyl sites for hydroxylation is 1. The predicted octanol–water partition coefficient (Wildman–Crippen LogP) is 1.19. The molecule has 2 nitrogen and oxygen atoms in total. The smallest absolute Gasteiger partial charge is 0.0955 e. The third-order valence-corrected chi connectivity index (χ3v) is 1.63. The van der Waals surface area contributed by atoms with Crippen molar-refractivity contribution < 1.29 is 0 Å². The van der Waals surface area contributed by atoms with E-state index in [2.05, 4.69) is 11.1 Å². The maximum absolute atomic E-state index is 4.18. The molecule has 1 aromatic heterocycles. The maximum atomic E-state index is 4.18. The molecule has 0 saturated heterocycles. The van der Waals surface area contributed by atoms with Gasteiger partial charge >= 0.3 is 0 Å². The molecule has 0 spiro atoms. The quantitative estimate of drug-likeness (QED) is 0.522. The minimum Gasteiger partial charge on any atom is -0.334 e. The van der Waals surface area contributed by atoms with Crippen LogP contribution in [0.3, 0.4) is 0 Å². The van der Waals surface area contributed by atoms with Crippen molar-refractivity contribution in [3.63, 3.8) is 0 Å². The van der Waals surface area contributed by atoms with Crippen LogP contribution in [0, 0.1) is 0 Å². The summed E-state index contributed by atoms with van der Waals surface area (Å²) in [7, 11) is 2.00. The molecule has 0 unspecified atom stereocenters. The first-order valence-electron chi connectivity index (χ1n) is 3.24. The van der Waals surface area contributed by atoms with Crippen LogP contribution in [0.25, 0.3) is 11.0 Å². The SMILES string of the molecule is Cn1cnc2ccccc21.[Na]. The van der Waals surface area contributed by atoms with E-state index >= 15 is 0 Å². The largest absolute Gasteiger partial charge is 0.334 e. The summed E-state index contributed by atoms with van der Waals surface area (Å²) in [5, 5.41) is 0. The second-order valence-corrected chi connectivity index (χ2v) is 2.34. The van der Waals surface area contributed by atoms with E-state index in [4.69, 9.17) is 0 Å². The Morgan fingerprint density at radius 2 is 2.00 bits per heavy atom. The van der Waals surface area contributed by atoms with Crippen LogP contribution in [0.5, 0.6) is 0 Å². The van der Waals surface area contributed by atoms with Gasteiger partial charge in [-0.3, -0.25) is 0 Å². The molecule has 0 atom stereocenters. The van der Waals surface area contributed by atoms with Gasteiger partial charge in [0.25, 0.3) is 0 Å². The molecule has 0 fully saturated rings. The van der Waals surface area contributed by atoms with Crippen LogP contribution < -0.4 is 0 Å². The number of imidazole rings is 1. The molecule has 2 rings (SSSR count). The topological polar surface area (TPSA) is 17.8 Å². The number of fused-ring (bicyclic) bond motifs is 1. The van der Waals surface area contributed by atoms with Crippen LogP contribution in [0.4, 0.5) is 0 Å². The standard InChI is InChI=1S/C8H8N2.Na/c1-10-6-9-7-4-2-3-5-8(7)10;/h2-6H,1H3;. The molecule has 0 N–H and O–H groups in total. The number of para-hydroxylation sites is 2. The summed E-state index contributed by atoms with van der Waals surface area (Å²) in [6.45, 7) is 0. The van der Waals surface area contributed by atoms with Crippen molar-refractivity contribution in [1.82, 2.24) is 9.55 Å². The van der Waals surface area contributed by atoms with Gasteiger partial charge in [0.2, 0.25) is 0 Å². The Labute approximate surface area is 87.5 Å². The summed E-state index contributed by atoms with van der Waals surface area (Å²) in [6.07, 6.45) is 1.82. The third-order valence-electron chi connectivity index (χ3n) is 1.63. The molecule has 0 amide bonds. The van der Waals surface area contributed by atoms with E-state index in [0.29, 0.717) is 0 Å². The van der Waals surface area contributed by atoms with Gasteiger partial charge in [-0.1, -0.05) is 12.1 Å². The van der Waals surface area contributed by atoms with Crippen LogP contribution in [0.1, 0.15) is 0 Å². The first-order chi connectivity index (χ1) is 4.88. The van der Waals surface area contributed by atoms with Gasteiger partial charge in [0.15, 0.2) is 0 Å². The Morgan fingerprint density at radius 1 is 1.27 bits per heavy atom. The normalized spacial score (nSPS) is 9.55. The minimum absolute atomic E-state index is 0. The fourth-order valence-electron chi connectivity index (χ4n) is 1.08. The maximum Gasteiger partial charge on any atom is 0.0955 e. The summed E-state index contributed by atoms with van der Waals surface area (Å²) in [5.41, 5.74) is 2.24. The summed E-state index contributed by atoms with van der Waals surface area (Å²) < 4.78 is 2.01. The number of hydrogen-bond acceptors (Lipinski definition) is 1. The average Bonchev–Trinajstić information content (AvgIpc) is 2.34. The molecule has 11 heavy (non-hydrogen) atoms. The van der Waals surface area contributed by atoms with Crippen molar-refractivity contribution in [2.45, 2.75) is 0 Å². The van der Waals surface area contributed by atoms with Gasteiger partial charge in [0, 0.05) is 36.6 Å². The van der Waals surface area contributed by atoms with E-state index in [0.717, 1.165) is 5.52 Å². The molecule has 51 valence electrons. The molecule has 0 bridgehead atoms. The van der Waals surface area contributed by atoms with E-state index in [9.17, 15) is 0 Å². The average molecular weight is 155 g/mol. The Kier molecular flexibility index (Phi) is 2.71. The summed E-state index contributed by atoms with van der Waals surface area (Å²) in [4.78, 5) is 4.18. The van der Waals surface area contributed by atoms with Crippen molar-refractivity contribution in [2.75, 3.05) is 0 Å². The first-order valence-corrected chi connectivity index (χ1v) is 3.24. The number of hydrogen-bond donors (Lipinski definition) is 0. The van der Waals surface area contributed by atoms with Crippen LogP contribution in [0.15, 0.2) is 30.6 Å². The molecule has 0 saturated carbocycles. The van der Waals surface area contributed by atoms with E-state index in [1.807, 2.05) is 36.1 Å². The monoisotopic (exact) mass is 155 g/mol.